The maximum absolute atomic E-state index is 11.8. The van der Waals surface area contributed by atoms with Gasteiger partial charge < -0.3 is 25.3 Å². The zero-order valence-corrected chi connectivity index (χ0v) is 15.2. The molecule has 2 aromatic rings. The van der Waals surface area contributed by atoms with Crippen molar-refractivity contribution >= 4 is 58.3 Å². The summed E-state index contributed by atoms with van der Waals surface area (Å²) < 4.78 is 5.13. The van der Waals surface area contributed by atoms with E-state index in [4.69, 9.17) is 59.0 Å². The molecule has 2 rings (SSSR count). The topological polar surface area (TPSA) is 129 Å². The second-order valence-electron chi connectivity index (χ2n) is 4.59. The number of hydrogen-bond donors (Lipinski definition) is 4. The summed E-state index contributed by atoms with van der Waals surface area (Å²) in [5.41, 5.74) is 0.350. The Bertz CT molecular complexity index is 745. The van der Waals surface area contributed by atoms with E-state index in [1.807, 2.05) is 6.07 Å². The van der Waals surface area contributed by atoms with Crippen molar-refractivity contribution in [3.05, 3.63) is 51.4 Å². The quantitative estimate of drug-likeness (QED) is 0.544. The minimum absolute atomic E-state index is 0.107. The van der Waals surface area contributed by atoms with Gasteiger partial charge in [0.1, 0.15) is 5.76 Å². The second kappa shape index (κ2) is 10.7. The Balaban J connectivity index is 0.000000487. The number of carbonyl (C=O) groups excluding carboxylic acids is 1. The first-order valence-electron chi connectivity index (χ1n) is 6.84. The van der Waals surface area contributed by atoms with Crippen molar-refractivity contribution in [3.8, 4) is 0 Å². The minimum atomic E-state index is -1.82. The van der Waals surface area contributed by atoms with Gasteiger partial charge in [-0.1, -0.05) is 34.8 Å². The molecule has 0 fully saturated rings. The minimum Gasteiger partial charge on any atom is -0.473 e. The summed E-state index contributed by atoms with van der Waals surface area (Å²) in [4.78, 5) is 30.0. The van der Waals surface area contributed by atoms with E-state index in [9.17, 15) is 4.79 Å². The average molecular weight is 424 g/mol. The third-order valence-electron chi connectivity index (χ3n) is 2.62. The van der Waals surface area contributed by atoms with Gasteiger partial charge in [0.05, 0.1) is 35.1 Å². The third kappa shape index (κ3) is 7.75. The molecule has 0 aliphatic rings. The van der Waals surface area contributed by atoms with Gasteiger partial charge in [0.15, 0.2) is 0 Å². The highest BCUT2D eigenvalue weighted by Gasteiger charge is 2.11. The molecule has 0 radical (unpaired) electrons. The Morgan fingerprint density at radius 1 is 1.04 bits per heavy atom. The molecule has 11 heteroatoms. The molecule has 1 aromatic heterocycles. The molecule has 0 unspecified atom stereocenters. The molecule has 0 aliphatic carbocycles. The first-order valence-corrected chi connectivity index (χ1v) is 7.97. The third-order valence-corrected chi connectivity index (χ3v) is 3.43. The lowest BCUT2D eigenvalue weighted by molar-refractivity contribution is -0.159. The van der Waals surface area contributed by atoms with Crippen LogP contribution in [0, 0.1) is 0 Å². The number of carboxylic acid groups (broad SMARTS) is 2. The van der Waals surface area contributed by atoms with Crippen molar-refractivity contribution in [3.63, 3.8) is 0 Å². The zero-order valence-electron chi connectivity index (χ0n) is 13.0. The summed E-state index contributed by atoms with van der Waals surface area (Å²) in [5.74, 6) is -3.16. The molecule has 1 aromatic carbocycles. The van der Waals surface area contributed by atoms with Crippen LogP contribution < -0.4 is 10.6 Å². The van der Waals surface area contributed by atoms with Crippen LogP contribution >= 0.6 is 34.8 Å². The van der Waals surface area contributed by atoms with E-state index in [2.05, 4.69) is 10.6 Å². The summed E-state index contributed by atoms with van der Waals surface area (Å²) in [7, 11) is 0. The van der Waals surface area contributed by atoms with Gasteiger partial charge in [-0.2, -0.15) is 0 Å². The van der Waals surface area contributed by atoms with E-state index in [-0.39, 0.29) is 12.5 Å². The van der Waals surface area contributed by atoms with E-state index in [1.54, 1.807) is 12.3 Å². The van der Waals surface area contributed by atoms with E-state index < -0.39 is 11.9 Å². The highest BCUT2D eigenvalue weighted by molar-refractivity contribution is 6.42. The molecule has 0 saturated heterocycles. The van der Waals surface area contributed by atoms with Crippen molar-refractivity contribution in [1.29, 1.82) is 0 Å². The van der Waals surface area contributed by atoms with Crippen LogP contribution in [0.3, 0.4) is 0 Å². The summed E-state index contributed by atoms with van der Waals surface area (Å²) >= 11 is 17.7. The second-order valence-corrected chi connectivity index (χ2v) is 5.84. The number of carboxylic acids is 2. The van der Waals surface area contributed by atoms with Crippen LogP contribution in [0.2, 0.25) is 15.1 Å². The molecule has 0 spiro atoms. The summed E-state index contributed by atoms with van der Waals surface area (Å²) in [5, 5.41) is 21.4. The average Bonchev–Trinajstić information content (AvgIpc) is 3.04. The molecule has 0 atom stereocenters. The fourth-order valence-electron chi connectivity index (χ4n) is 1.56. The molecular weight excluding hydrogens is 411 g/mol. The monoisotopic (exact) mass is 422 g/mol. The van der Waals surface area contributed by atoms with Crippen molar-refractivity contribution in [2.45, 2.75) is 6.54 Å². The Morgan fingerprint density at radius 2 is 1.62 bits per heavy atom. The largest absolute Gasteiger partial charge is 0.473 e. The smallest absolute Gasteiger partial charge is 0.414 e. The first-order chi connectivity index (χ1) is 12.2. The van der Waals surface area contributed by atoms with Gasteiger partial charge in [0.25, 0.3) is 0 Å². The highest BCUT2D eigenvalue weighted by Crippen LogP contribution is 2.33. The van der Waals surface area contributed by atoms with Crippen LogP contribution in [0.4, 0.5) is 5.69 Å². The lowest BCUT2D eigenvalue weighted by atomic mass is 10.3. The Kier molecular flexibility index (Phi) is 8.94. The number of hydrogen-bond acceptors (Lipinski definition) is 5. The highest BCUT2D eigenvalue weighted by atomic mass is 35.5. The number of nitrogens with one attached hydrogen (secondary N) is 2. The zero-order chi connectivity index (χ0) is 19.7. The molecule has 0 bridgehead atoms. The summed E-state index contributed by atoms with van der Waals surface area (Å²) in [6.45, 7) is 0.568. The van der Waals surface area contributed by atoms with Crippen molar-refractivity contribution < 1.29 is 29.0 Å². The van der Waals surface area contributed by atoms with Gasteiger partial charge in [-0.3, -0.25) is 4.79 Å². The van der Waals surface area contributed by atoms with Crippen molar-refractivity contribution in [1.82, 2.24) is 5.32 Å². The standard InChI is InChI=1S/C13H11Cl3N2O2.C2H2O4/c14-8-4-10(15)13(11(16)5-8)18-12(19)7-17-6-9-2-1-3-20-9;3-1(4)2(5)6/h1-5,17H,6-7H2,(H,18,19);(H,3,4)(H,5,6). The fraction of sp³-hybridized carbons (Fsp3) is 0.133. The lowest BCUT2D eigenvalue weighted by Gasteiger charge is -2.10. The summed E-state index contributed by atoms with van der Waals surface area (Å²) in [6.07, 6.45) is 1.57. The van der Waals surface area contributed by atoms with Crippen LogP contribution in [0.25, 0.3) is 0 Å². The van der Waals surface area contributed by atoms with Crippen LogP contribution in [0.5, 0.6) is 0 Å². The number of halogens is 3. The molecule has 1 amide bonds. The van der Waals surface area contributed by atoms with E-state index in [1.165, 1.54) is 12.1 Å². The number of furan rings is 1. The van der Waals surface area contributed by atoms with Gasteiger partial charge in [-0.25, -0.2) is 9.59 Å². The predicted molar refractivity (Wildman–Crippen MR) is 95.8 cm³/mol. The van der Waals surface area contributed by atoms with Gasteiger partial charge in [0.2, 0.25) is 5.91 Å². The molecule has 0 saturated carbocycles. The van der Waals surface area contributed by atoms with Gasteiger partial charge >= 0.3 is 11.9 Å². The fourth-order valence-corrected chi connectivity index (χ4v) is 2.47. The van der Waals surface area contributed by atoms with E-state index >= 15 is 0 Å². The Labute approximate surface area is 162 Å². The maximum atomic E-state index is 11.8. The molecule has 140 valence electrons. The molecule has 0 aliphatic heterocycles. The Hall–Kier alpha value is -2.26. The number of amides is 1. The van der Waals surface area contributed by atoms with Crippen LogP contribution in [0.1, 0.15) is 5.76 Å². The number of rotatable bonds is 5. The molecule has 1 heterocycles. The number of anilines is 1. The molecular formula is C15H13Cl3N2O6. The Morgan fingerprint density at radius 3 is 2.08 bits per heavy atom. The number of carbonyl (C=O) groups is 3. The summed E-state index contributed by atoms with van der Waals surface area (Å²) in [6, 6.07) is 6.63. The predicted octanol–water partition coefficient (Wildman–Crippen LogP) is 3.12. The van der Waals surface area contributed by atoms with E-state index in [0.717, 1.165) is 5.76 Å². The van der Waals surface area contributed by atoms with Crippen molar-refractivity contribution in [2.75, 3.05) is 11.9 Å². The van der Waals surface area contributed by atoms with Crippen molar-refractivity contribution in [2.24, 2.45) is 0 Å². The van der Waals surface area contributed by atoms with Crippen LogP contribution in [0.15, 0.2) is 34.9 Å². The molecule has 4 N–H and O–H groups in total. The first kappa shape index (κ1) is 21.8. The lowest BCUT2D eigenvalue weighted by Crippen LogP contribution is -2.27. The molecule has 8 nitrogen and oxygen atoms in total. The van der Waals surface area contributed by atoms with Crippen LogP contribution in [-0.4, -0.2) is 34.6 Å². The number of benzene rings is 1. The van der Waals surface area contributed by atoms with E-state index in [0.29, 0.717) is 27.3 Å². The van der Waals surface area contributed by atoms with Gasteiger partial charge in [-0.15, -0.1) is 0 Å². The van der Waals surface area contributed by atoms with Gasteiger partial charge in [-0.05, 0) is 24.3 Å². The number of aliphatic carboxylic acids is 2. The molecule has 26 heavy (non-hydrogen) atoms. The van der Waals surface area contributed by atoms with Gasteiger partial charge in [0, 0.05) is 5.02 Å². The van der Waals surface area contributed by atoms with Crippen LogP contribution in [-0.2, 0) is 20.9 Å². The normalized spacial score (nSPS) is 9.81. The maximum Gasteiger partial charge on any atom is 0.414 e. The SMILES string of the molecule is O=C(CNCc1ccco1)Nc1c(Cl)cc(Cl)cc1Cl.O=C(O)C(=O)O.